The number of ether oxygens (including phenoxy) is 5. The van der Waals surface area contributed by atoms with Crippen LogP contribution >= 0.6 is 0 Å². The van der Waals surface area contributed by atoms with Crippen molar-refractivity contribution in [3.05, 3.63) is 23.3 Å². The standard InChI is InChI=1S/C19H26O5/c1-12-8-15(21-5)13(9-14(12)20-4)19-11-18(22-6-7-23-18)10-17(2,3)16(19)24-19/h8-9,16H,6-7,10-11H2,1-5H3. The molecule has 5 heteroatoms. The Labute approximate surface area is 143 Å². The molecule has 3 aliphatic rings. The molecule has 2 unspecified atom stereocenters. The van der Waals surface area contributed by atoms with Gasteiger partial charge < -0.3 is 23.7 Å². The molecule has 1 saturated carbocycles. The van der Waals surface area contributed by atoms with E-state index in [-0.39, 0.29) is 11.5 Å². The smallest absolute Gasteiger partial charge is 0.172 e. The van der Waals surface area contributed by atoms with Gasteiger partial charge in [0.15, 0.2) is 5.79 Å². The summed E-state index contributed by atoms with van der Waals surface area (Å²) >= 11 is 0. The third-order valence-corrected chi connectivity index (χ3v) is 5.65. The summed E-state index contributed by atoms with van der Waals surface area (Å²) in [5, 5.41) is 0. The highest BCUT2D eigenvalue weighted by atomic mass is 16.7. The number of rotatable bonds is 3. The lowest BCUT2D eigenvalue weighted by molar-refractivity contribution is -0.199. The molecule has 0 N–H and O–H groups in total. The van der Waals surface area contributed by atoms with Crippen LogP contribution in [-0.4, -0.2) is 39.3 Å². The van der Waals surface area contributed by atoms with Crippen LogP contribution in [0.2, 0.25) is 0 Å². The van der Waals surface area contributed by atoms with Crippen LogP contribution in [0.4, 0.5) is 0 Å². The van der Waals surface area contributed by atoms with E-state index >= 15 is 0 Å². The summed E-state index contributed by atoms with van der Waals surface area (Å²) in [6, 6.07) is 4.07. The van der Waals surface area contributed by atoms with Gasteiger partial charge in [0.05, 0.1) is 33.5 Å². The number of aryl methyl sites for hydroxylation is 1. The predicted molar refractivity (Wildman–Crippen MR) is 88.5 cm³/mol. The number of epoxide rings is 1. The summed E-state index contributed by atoms with van der Waals surface area (Å²) in [6.45, 7) is 7.76. The van der Waals surface area contributed by atoms with Crippen LogP contribution in [0.1, 0.15) is 37.8 Å². The van der Waals surface area contributed by atoms with E-state index in [2.05, 4.69) is 19.9 Å². The van der Waals surface area contributed by atoms with E-state index in [0.29, 0.717) is 19.6 Å². The average molecular weight is 334 g/mol. The first kappa shape index (κ1) is 16.2. The zero-order chi connectivity index (χ0) is 17.2. The summed E-state index contributed by atoms with van der Waals surface area (Å²) in [5.41, 5.74) is 1.61. The second kappa shape index (κ2) is 5.10. The molecule has 2 heterocycles. The van der Waals surface area contributed by atoms with E-state index in [9.17, 15) is 0 Å². The Morgan fingerprint density at radius 2 is 1.67 bits per heavy atom. The van der Waals surface area contributed by atoms with Gasteiger partial charge in [-0.25, -0.2) is 0 Å². The maximum absolute atomic E-state index is 6.34. The highest BCUT2D eigenvalue weighted by Gasteiger charge is 2.72. The summed E-state index contributed by atoms with van der Waals surface area (Å²) in [6.07, 6.45) is 1.67. The predicted octanol–water partition coefficient (Wildman–Crippen LogP) is 3.17. The van der Waals surface area contributed by atoms with Crippen molar-refractivity contribution in [1.82, 2.24) is 0 Å². The zero-order valence-corrected chi connectivity index (χ0v) is 15.1. The fraction of sp³-hybridized carbons (Fsp3) is 0.684. The lowest BCUT2D eigenvalue weighted by Gasteiger charge is -2.41. The fourth-order valence-corrected chi connectivity index (χ4v) is 4.73. The second-order valence-electron chi connectivity index (χ2n) is 7.86. The largest absolute Gasteiger partial charge is 0.496 e. The van der Waals surface area contributed by atoms with E-state index < -0.39 is 11.4 Å². The lowest BCUT2D eigenvalue weighted by atomic mass is 9.67. The van der Waals surface area contributed by atoms with E-state index in [4.69, 9.17) is 23.7 Å². The first-order valence-electron chi connectivity index (χ1n) is 8.55. The molecular weight excluding hydrogens is 308 g/mol. The van der Waals surface area contributed by atoms with Gasteiger partial charge in [-0.1, -0.05) is 13.8 Å². The number of benzene rings is 1. The van der Waals surface area contributed by atoms with Crippen LogP contribution in [0.15, 0.2) is 12.1 Å². The highest BCUT2D eigenvalue weighted by Crippen LogP contribution is 2.67. The monoisotopic (exact) mass is 334 g/mol. The lowest BCUT2D eigenvalue weighted by Crippen LogP contribution is -2.47. The molecule has 0 radical (unpaired) electrons. The molecular formula is C19H26O5. The Morgan fingerprint density at radius 1 is 1.00 bits per heavy atom. The van der Waals surface area contributed by atoms with Crippen molar-refractivity contribution in [2.24, 2.45) is 5.41 Å². The van der Waals surface area contributed by atoms with Crippen molar-refractivity contribution in [2.75, 3.05) is 27.4 Å². The van der Waals surface area contributed by atoms with E-state index in [1.54, 1.807) is 14.2 Å². The molecule has 0 amide bonds. The third-order valence-electron chi connectivity index (χ3n) is 5.65. The molecule has 2 saturated heterocycles. The molecule has 0 bridgehead atoms. The van der Waals surface area contributed by atoms with Crippen LogP contribution in [0.5, 0.6) is 11.5 Å². The van der Waals surface area contributed by atoms with Gasteiger partial charge in [0.2, 0.25) is 0 Å². The fourth-order valence-electron chi connectivity index (χ4n) is 4.73. The van der Waals surface area contributed by atoms with E-state index in [1.165, 1.54) is 0 Å². The highest BCUT2D eigenvalue weighted by molar-refractivity contribution is 5.51. The Hall–Kier alpha value is -1.30. The Kier molecular flexibility index (Phi) is 3.44. The van der Waals surface area contributed by atoms with Crippen LogP contribution in [0, 0.1) is 12.3 Å². The van der Waals surface area contributed by atoms with Crippen LogP contribution < -0.4 is 9.47 Å². The third kappa shape index (κ3) is 2.18. The first-order chi connectivity index (χ1) is 11.4. The SMILES string of the molecule is COc1cc(C23CC4(CC(C)(C)C2O3)OCCO4)c(OC)cc1C. The van der Waals surface area contributed by atoms with Crippen molar-refractivity contribution in [2.45, 2.75) is 51.1 Å². The maximum Gasteiger partial charge on any atom is 0.172 e. The molecule has 5 nitrogen and oxygen atoms in total. The molecule has 1 aliphatic carbocycles. The van der Waals surface area contributed by atoms with Crippen molar-refractivity contribution in [3.8, 4) is 11.5 Å². The summed E-state index contributed by atoms with van der Waals surface area (Å²) in [4.78, 5) is 0. The van der Waals surface area contributed by atoms with Crippen LogP contribution in [0.3, 0.4) is 0 Å². The minimum atomic E-state index is -0.556. The van der Waals surface area contributed by atoms with Crippen molar-refractivity contribution < 1.29 is 23.7 Å². The van der Waals surface area contributed by atoms with Gasteiger partial charge >= 0.3 is 0 Å². The zero-order valence-electron chi connectivity index (χ0n) is 15.1. The molecule has 0 aromatic heterocycles. The summed E-state index contributed by atoms with van der Waals surface area (Å²) < 4.78 is 29.6. The molecule has 1 spiro atoms. The van der Waals surface area contributed by atoms with Crippen molar-refractivity contribution >= 4 is 0 Å². The number of methoxy groups -OCH3 is 2. The van der Waals surface area contributed by atoms with E-state index in [0.717, 1.165) is 29.0 Å². The Bertz CT molecular complexity index is 662. The van der Waals surface area contributed by atoms with Crippen LogP contribution in [0.25, 0.3) is 0 Å². The van der Waals surface area contributed by atoms with Crippen LogP contribution in [-0.2, 0) is 19.8 Å². The normalized spacial score (nSPS) is 32.5. The number of hydrogen-bond acceptors (Lipinski definition) is 5. The first-order valence-corrected chi connectivity index (χ1v) is 8.55. The Balaban J connectivity index is 1.81. The molecule has 3 fully saturated rings. The van der Waals surface area contributed by atoms with Gasteiger partial charge in [-0.15, -0.1) is 0 Å². The van der Waals surface area contributed by atoms with Gasteiger partial charge in [-0.2, -0.15) is 0 Å². The van der Waals surface area contributed by atoms with Gasteiger partial charge in [-0.3, -0.25) is 0 Å². The molecule has 2 aliphatic heterocycles. The average Bonchev–Trinajstić information content (AvgIpc) is 3.13. The molecule has 1 aromatic carbocycles. The quantitative estimate of drug-likeness (QED) is 0.795. The topological polar surface area (TPSA) is 49.5 Å². The Morgan fingerprint density at radius 3 is 2.29 bits per heavy atom. The van der Waals surface area contributed by atoms with Gasteiger partial charge in [0.1, 0.15) is 17.1 Å². The number of fused-ring (bicyclic) bond motifs is 1. The molecule has 4 rings (SSSR count). The maximum atomic E-state index is 6.34. The van der Waals surface area contributed by atoms with Gasteiger partial charge in [0, 0.05) is 18.4 Å². The van der Waals surface area contributed by atoms with Gasteiger partial charge in [-0.05, 0) is 30.0 Å². The van der Waals surface area contributed by atoms with E-state index in [1.807, 2.05) is 13.0 Å². The molecule has 132 valence electrons. The van der Waals surface area contributed by atoms with Gasteiger partial charge in [0.25, 0.3) is 0 Å². The minimum absolute atomic E-state index is 0.0360. The molecule has 1 aromatic rings. The summed E-state index contributed by atoms with van der Waals surface area (Å²) in [7, 11) is 3.39. The second-order valence-corrected chi connectivity index (χ2v) is 7.86. The summed E-state index contributed by atoms with van der Waals surface area (Å²) in [5.74, 6) is 1.13. The number of hydrogen-bond donors (Lipinski definition) is 0. The minimum Gasteiger partial charge on any atom is -0.496 e. The molecule has 2 atom stereocenters. The molecule has 24 heavy (non-hydrogen) atoms. The van der Waals surface area contributed by atoms with Crippen molar-refractivity contribution in [1.29, 1.82) is 0 Å². The van der Waals surface area contributed by atoms with Crippen molar-refractivity contribution in [3.63, 3.8) is 0 Å².